The average molecular weight is 296 g/mol. The van der Waals surface area contributed by atoms with E-state index < -0.39 is 0 Å². The lowest BCUT2D eigenvalue weighted by Gasteiger charge is -2.46. The van der Waals surface area contributed by atoms with E-state index >= 15 is 0 Å². The second kappa shape index (κ2) is 9.87. The highest BCUT2D eigenvalue weighted by atomic mass is 14.9. The lowest BCUT2D eigenvalue weighted by atomic mass is 9.61. The molecule has 1 aliphatic rings. The third-order valence-corrected chi connectivity index (χ3v) is 5.95. The van der Waals surface area contributed by atoms with Gasteiger partial charge in [-0.15, -0.1) is 0 Å². The molecule has 1 heteroatoms. The van der Waals surface area contributed by atoms with Crippen LogP contribution < -0.4 is 5.32 Å². The summed E-state index contributed by atoms with van der Waals surface area (Å²) < 4.78 is 0. The van der Waals surface area contributed by atoms with Crippen molar-refractivity contribution < 1.29 is 0 Å². The molecule has 0 saturated heterocycles. The van der Waals surface area contributed by atoms with Crippen molar-refractivity contribution in [1.82, 2.24) is 5.32 Å². The molecule has 1 aliphatic carbocycles. The van der Waals surface area contributed by atoms with Gasteiger partial charge < -0.3 is 5.32 Å². The molecule has 126 valence electrons. The first-order chi connectivity index (χ1) is 10.1. The Kier molecular flexibility index (Phi) is 8.94. The molecule has 0 unspecified atom stereocenters. The molecule has 0 amide bonds. The fourth-order valence-corrected chi connectivity index (χ4v) is 4.53. The summed E-state index contributed by atoms with van der Waals surface area (Å²) in [5, 5.41) is 3.80. The maximum absolute atomic E-state index is 3.80. The second-order valence-electron chi connectivity index (χ2n) is 7.99. The molecule has 0 atom stereocenters. The molecule has 0 aliphatic heterocycles. The fourth-order valence-electron chi connectivity index (χ4n) is 4.53. The Morgan fingerprint density at radius 3 is 2.14 bits per heavy atom. The van der Waals surface area contributed by atoms with Crippen LogP contribution in [0.15, 0.2) is 0 Å². The Balaban J connectivity index is 2.58. The predicted molar refractivity (Wildman–Crippen MR) is 95.7 cm³/mol. The average Bonchev–Trinajstić information content (AvgIpc) is 2.47. The summed E-state index contributed by atoms with van der Waals surface area (Å²) in [5.41, 5.74) is 0.598. The van der Waals surface area contributed by atoms with Crippen LogP contribution in [0.4, 0.5) is 0 Å². The Hall–Kier alpha value is -0.0400. The minimum Gasteiger partial charge on any atom is -0.316 e. The molecular formula is C20H41N. The van der Waals surface area contributed by atoms with E-state index in [9.17, 15) is 0 Å². The molecule has 1 saturated carbocycles. The number of hydrogen-bond acceptors (Lipinski definition) is 1. The van der Waals surface area contributed by atoms with Gasteiger partial charge in [0.15, 0.2) is 0 Å². The maximum Gasteiger partial charge on any atom is 0.00106 e. The summed E-state index contributed by atoms with van der Waals surface area (Å²) in [5.74, 6) is 2.71. The summed E-state index contributed by atoms with van der Waals surface area (Å²) in [7, 11) is 0. The van der Waals surface area contributed by atoms with Crippen LogP contribution in [-0.2, 0) is 0 Å². The molecule has 0 aromatic carbocycles. The van der Waals surface area contributed by atoms with Crippen molar-refractivity contribution in [3.05, 3.63) is 0 Å². The zero-order valence-corrected chi connectivity index (χ0v) is 15.5. The van der Waals surface area contributed by atoms with Gasteiger partial charge in [0.05, 0.1) is 0 Å². The van der Waals surface area contributed by atoms with Crippen LogP contribution in [0.25, 0.3) is 0 Å². The monoisotopic (exact) mass is 295 g/mol. The molecule has 0 spiro atoms. The van der Waals surface area contributed by atoms with Gasteiger partial charge in [-0.3, -0.25) is 0 Å². The molecule has 21 heavy (non-hydrogen) atoms. The van der Waals surface area contributed by atoms with Crippen LogP contribution in [-0.4, -0.2) is 13.1 Å². The first-order valence-electron chi connectivity index (χ1n) is 9.78. The van der Waals surface area contributed by atoms with Crippen molar-refractivity contribution >= 4 is 0 Å². The summed E-state index contributed by atoms with van der Waals surface area (Å²) in [6.07, 6.45) is 12.9. The summed E-state index contributed by atoms with van der Waals surface area (Å²) in [6.45, 7) is 14.2. The van der Waals surface area contributed by atoms with Crippen molar-refractivity contribution in [3.63, 3.8) is 0 Å². The van der Waals surface area contributed by atoms with Crippen molar-refractivity contribution in [3.8, 4) is 0 Å². The first-order valence-corrected chi connectivity index (χ1v) is 9.78. The fraction of sp³-hybridized carbons (Fsp3) is 1.00. The van der Waals surface area contributed by atoms with Gasteiger partial charge in [0.1, 0.15) is 0 Å². The maximum atomic E-state index is 3.80. The quantitative estimate of drug-likeness (QED) is 0.518. The lowest BCUT2D eigenvalue weighted by Crippen LogP contribution is -2.43. The van der Waals surface area contributed by atoms with E-state index in [0.29, 0.717) is 5.41 Å². The normalized spacial score (nSPS) is 26.7. The van der Waals surface area contributed by atoms with Crippen LogP contribution >= 0.6 is 0 Å². The topological polar surface area (TPSA) is 12.0 Å². The highest BCUT2D eigenvalue weighted by molar-refractivity contribution is 4.92. The van der Waals surface area contributed by atoms with E-state index in [4.69, 9.17) is 0 Å². The van der Waals surface area contributed by atoms with Gasteiger partial charge in [0.2, 0.25) is 0 Å². The van der Waals surface area contributed by atoms with Crippen molar-refractivity contribution in [2.45, 2.75) is 92.4 Å². The largest absolute Gasteiger partial charge is 0.316 e. The Morgan fingerprint density at radius 2 is 1.67 bits per heavy atom. The number of nitrogens with one attached hydrogen (secondary N) is 1. The Labute approximate surface area is 134 Å². The zero-order valence-electron chi connectivity index (χ0n) is 15.5. The predicted octanol–water partition coefficient (Wildman–Crippen LogP) is 6.04. The smallest absolute Gasteiger partial charge is 0.00106 e. The number of rotatable bonds is 10. The van der Waals surface area contributed by atoms with Gasteiger partial charge in [0, 0.05) is 6.54 Å². The first kappa shape index (κ1) is 19.0. The van der Waals surface area contributed by atoms with Crippen molar-refractivity contribution in [2.24, 2.45) is 23.2 Å². The van der Waals surface area contributed by atoms with Gasteiger partial charge in [-0.1, -0.05) is 66.7 Å². The zero-order chi connectivity index (χ0) is 15.7. The molecule has 0 radical (unpaired) electrons. The SMILES string of the molecule is CCCCC1CCC(CNCC(C)C)(C(CC)CC)CC1. The third-order valence-electron chi connectivity index (χ3n) is 5.95. The molecule has 0 heterocycles. The van der Waals surface area contributed by atoms with Crippen LogP contribution in [0.2, 0.25) is 0 Å². The van der Waals surface area contributed by atoms with Gasteiger partial charge >= 0.3 is 0 Å². The minimum absolute atomic E-state index is 0.598. The molecule has 0 bridgehead atoms. The lowest BCUT2D eigenvalue weighted by molar-refractivity contribution is 0.0622. The minimum atomic E-state index is 0.598. The van der Waals surface area contributed by atoms with E-state index in [1.54, 1.807) is 0 Å². The summed E-state index contributed by atoms with van der Waals surface area (Å²) >= 11 is 0. The molecule has 1 rings (SSSR count). The number of hydrogen-bond donors (Lipinski definition) is 1. The van der Waals surface area contributed by atoms with Crippen molar-refractivity contribution in [2.75, 3.05) is 13.1 Å². The van der Waals surface area contributed by atoms with Crippen LogP contribution in [0.3, 0.4) is 0 Å². The molecule has 1 nitrogen and oxygen atoms in total. The molecule has 0 aromatic heterocycles. The van der Waals surface area contributed by atoms with E-state index in [0.717, 1.165) is 17.8 Å². The van der Waals surface area contributed by atoms with Gasteiger partial charge in [-0.2, -0.15) is 0 Å². The second-order valence-corrected chi connectivity index (χ2v) is 7.99. The number of unbranched alkanes of at least 4 members (excludes halogenated alkanes) is 1. The molecule has 0 aromatic rings. The van der Waals surface area contributed by atoms with Gasteiger partial charge in [-0.05, 0) is 55.4 Å². The van der Waals surface area contributed by atoms with Crippen LogP contribution in [0, 0.1) is 23.2 Å². The van der Waals surface area contributed by atoms with Gasteiger partial charge in [0.25, 0.3) is 0 Å². The highest BCUT2D eigenvalue weighted by Gasteiger charge is 2.39. The van der Waals surface area contributed by atoms with E-state index in [1.165, 1.54) is 70.9 Å². The molecular weight excluding hydrogens is 254 g/mol. The third kappa shape index (κ3) is 5.93. The molecule has 1 fully saturated rings. The van der Waals surface area contributed by atoms with E-state index in [1.807, 2.05) is 0 Å². The highest BCUT2D eigenvalue weighted by Crippen LogP contribution is 2.47. The standard InChI is InChI=1S/C20H41N/c1-6-9-10-18-11-13-20(14-12-18,19(7-2)8-3)16-21-15-17(4)5/h17-19,21H,6-16H2,1-5H3. The van der Waals surface area contributed by atoms with E-state index in [-0.39, 0.29) is 0 Å². The Bertz CT molecular complexity index is 247. The van der Waals surface area contributed by atoms with Gasteiger partial charge in [-0.25, -0.2) is 0 Å². The molecule has 1 N–H and O–H groups in total. The van der Waals surface area contributed by atoms with Crippen LogP contribution in [0.1, 0.15) is 92.4 Å². The van der Waals surface area contributed by atoms with E-state index in [2.05, 4.69) is 39.9 Å². The Morgan fingerprint density at radius 1 is 1.05 bits per heavy atom. The summed E-state index contributed by atoms with van der Waals surface area (Å²) in [6, 6.07) is 0. The summed E-state index contributed by atoms with van der Waals surface area (Å²) in [4.78, 5) is 0. The van der Waals surface area contributed by atoms with Crippen LogP contribution in [0.5, 0.6) is 0 Å². The van der Waals surface area contributed by atoms with Crippen molar-refractivity contribution in [1.29, 1.82) is 0 Å².